The predicted molar refractivity (Wildman–Crippen MR) is 56.7 cm³/mol. The molecule has 0 aliphatic carbocycles. The average molecular weight is 233 g/mol. The van der Waals surface area contributed by atoms with Crippen LogP contribution >= 0.6 is 11.8 Å². The molecule has 1 N–H and O–H groups in total. The van der Waals surface area contributed by atoms with Crippen molar-refractivity contribution in [1.29, 1.82) is 0 Å². The molecule has 15 heavy (non-hydrogen) atoms. The van der Waals surface area contributed by atoms with Gasteiger partial charge in [-0.3, -0.25) is 4.79 Å². The Morgan fingerprint density at radius 1 is 1.53 bits per heavy atom. The summed E-state index contributed by atoms with van der Waals surface area (Å²) >= 11 is 1.44. The second-order valence-electron chi connectivity index (χ2n) is 3.84. The molecule has 0 saturated carbocycles. The third-order valence-electron chi connectivity index (χ3n) is 2.45. The van der Waals surface area contributed by atoms with Crippen LogP contribution in [0.2, 0.25) is 0 Å². The van der Waals surface area contributed by atoms with Crippen LogP contribution in [0.1, 0.15) is 13.8 Å². The van der Waals surface area contributed by atoms with Crippen molar-refractivity contribution in [3.63, 3.8) is 0 Å². The van der Waals surface area contributed by atoms with Crippen LogP contribution in [0, 0.1) is 0 Å². The van der Waals surface area contributed by atoms with E-state index in [-0.39, 0.29) is 5.91 Å². The van der Waals surface area contributed by atoms with Gasteiger partial charge in [-0.15, -0.1) is 11.8 Å². The molecule has 0 unspecified atom stereocenters. The maximum absolute atomic E-state index is 11.9. The number of amides is 1. The Morgan fingerprint density at radius 2 is 2.13 bits per heavy atom. The Bertz CT molecular complexity index is 279. The fourth-order valence-corrected chi connectivity index (χ4v) is 2.43. The third-order valence-corrected chi connectivity index (χ3v) is 3.47. The number of nitrogens with zero attached hydrogens (tertiary/aromatic N) is 1. The fourth-order valence-electron chi connectivity index (χ4n) is 1.28. The molecule has 0 radical (unpaired) electrons. The highest BCUT2D eigenvalue weighted by Crippen LogP contribution is 2.25. The highest BCUT2D eigenvalue weighted by molar-refractivity contribution is 7.99. The van der Waals surface area contributed by atoms with Gasteiger partial charge in [-0.2, -0.15) is 0 Å². The van der Waals surface area contributed by atoms with Gasteiger partial charge in [0, 0.05) is 12.9 Å². The molecule has 6 heteroatoms. The van der Waals surface area contributed by atoms with Gasteiger partial charge in [-0.05, 0) is 13.8 Å². The van der Waals surface area contributed by atoms with Crippen molar-refractivity contribution in [3.8, 4) is 0 Å². The Morgan fingerprint density at radius 3 is 2.60 bits per heavy atom. The lowest BCUT2D eigenvalue weighted by Crippen LogP contribution is -2.51. The second-order valence-corrected chi connectivity index (χ2v) is 4.84. The van der Waals surface area contributed by atoms with E-state index in [0.717, 1.165) is 0 Å². The molecule has 1 aliphatic rings. The number of carboxylic acid groups (broad SMARTS) is 1. The molecule has 1 amide bonds. The van der Waals surface area contributed by atoms with E-state index in [0.29, 0.717) is 11.6 Å². The van der Waals surface area contributed by atoms with Gasteiger partial charge in [0.2, 0.25) is 0 Å². The van der Waals surface area contributed by atoms with E-state index < -0.39 is 17.6 Å². The highest BCUT2D eigenvalue weighted by atomic mass is 32.2. The van der Waals surface area contributed by atoms with Gasteiger partial charge in [0.05, 0.1) is 5.88 Å². The number of thioether (sulfide) groups is 1. The molecule has 1 rings (SSSR count). The maximum atomic E-state index is 11.9. The van der Waals surface area contributed by atoms with Crippen molar-refractivity contribution in [2.75, 3.05) is 18.7 Å². The Kier molecular flexibility index (Phi) is 3.62. The monoisotopic (exact) mass is 233 g/mol. The molecule has 5 nitrogen and oxygen atoms in total. The first-order valence-electron chi connectivity index (χ1n) is 4.57. The summed E-state index contributed by atoms with van der Waals surface area (Å²) in [5.41, 5.74) is -0.960. The van der Waals surface area contributed by atoms with E-state index in [9.17, 15) is 9.59 Å². The van der Waals surface area contributed by atoms with Crippen LogP contribution in [0.3, 0.4) is 0 Å². The number of hydrogen-bond donors (Lipinski definition) is 1. The van der Waals surface area contributed by atoms with Crippen LogP contribution in [-0.2, 0) is 14.3 Å². The quantitative estimate of drug-likeness (QED) is 0.764. The molecule has 1 fully saturated rings. The summed E-state index contributed by atoms with van der Waals surface area (Å²) in [5.74, 6) is -0.369. The minimum absolute atomic E-state index is 0.276. The van der Waals surface area contributed by atoms with E-state index in [1.807, 2.05) is 0 Å². The molecule has 1 saturated heterocycles. The van der Waals surface area contributed by atoms with Crippen LogP contribution in [0.15, 0.2) is 0 Å². The molecular formula is C9H15NO4S. The number of rotatable bonds is 3. The van der Waals surface area contributed by atoms with Gasteiger partial charge in [-0.1, -0.05) is 0 Å². The summed E-state index contributed by atoms with van der Waals surface area (Å²) < 4.78 is 5.05. The summed E-state index contributed by atoms with van der Waals surface area (Å²) in [7, 11) is 1.44. The van der Waals surface area contributed by atoms with Crippen LogP contribution in [0.5, 0.6) is 0 Å². The zero-order valence-corrected chi connectivity index (χ0v) is 9.84. The van der Waals surface area contributed by atoms with Gasteiger partial charge in [0.25, 0.3) is 5.91 Å². The van der Waals surface area contributed by atoms with Gasteiger partial charge < -0.3 is 14.7 Å². The molecule has 1 heterocycles. The van der Waals surface area contributed by atoms with Crippen LogP contribution in [0.4, 0.5) is 0 Å². The lowest BCUT2D eigenvalue weighted by molar-refractivity contribution is -0.158. The fraction of sp³-hybridized carbons (Fsp3) is 0.778. The van der Waals surface area contributed by atoms with Gasteiger partial charge in [-0.25, -0.2) is 4.79 Å². The van der Waals surface area contributed by atoms with E-state index >= 15 is 0 Å². The zero-order valence-electron chi connectivity index (χ0n) is 9.02. The minimum atomic E-state index is -0.960. The van der Waals surface area contributed by atoms with Crippen molar-refractivity contribution in [2.45, 2.75) is 25.5 Å². The van der Waals surface area contributed by atoms with Gasteiger partial charge >= 0.3 is 5.97 Å². The van der Waals surface area contributed by atoms with E-state index in [4.69, 9.17) is 9.84 Å². The first-order valence-corrected chi connectivity index (χ1v) is 5.72. The molecule has 0 spiro atoms. The minimum Gasteiger partial charge on any atom is -0.480 e. The molecule has 0 aromatic heterocycles. The number of carboxylic acids is 1. The Hall–Kier alpha value is -0.750. The third kappa shape index (κ3) is 2.43. The van der Waals surface area contributed by atoms with Crippen LogP contribution in [-0.4, -0.2) is 52.3 Å². The molecule has 1 aliphatic heterocycles. The number of ether oxygens (including phenoxy) is 1. The first kappa shape index (κ1) is 12.3. The average Bonchev–Trinajstić information content (AvgIpc) is 2.64. The number of methoxy groups -OCH3 is 1. The van der Waals surface area contributed by atoms with Crippen molar-refractivity contribution >= 4 is 23.6 Å². The summed E-state index contributed by atoms with van der Waals surface area (Å²) in [6.45, 7) is 3.27. The van der Waals surface area contributed by atoms with Crippen LogP contribution in [0.25, 0.3) is 0 Å². The summed E-state index contributed by atoms with van der Waals surface area (Å²) in [4.78, 5) is 24.2. The van der Waals surface area contributed by atoms with Gasteiger partial charge in [0.1, 0.15) is 11.6 Å². The number of carbonyl (C=O) groups is 2. The smallest absolute Gasteiger partial charge is 0.327 e. The van der Waals surface area contributed by atoms with Gasteiger partial charge in [0.15, 0.2) is 0 Å². The lowest BCUT2D eigenvalue weighted by atomic mass is 10.1. The highest BCUT2D eigenvalue weighted by Gasteiger charge is 2.41. The largest absolute Gasteiger partial charge is 0.480 e. The van der Waals surface area contributed by atoms with E-state index in [2.05, 4.69) is 0 Å². The summed E-state index contributed by atoms with van der Waals surface area (Å²) in [5, 5.41) is 8.92. The Balaban J connectivity index is 2.79. The SMILES string of the molecule is COC(C)(C)C(=O)N1CSC[C@H]1C(=O)O. The standard InChI is InChI=1S/C9H15NO4S/c1-9(2,14-3)8(13)10-5-15-4-6(10)7(11)12/h6H,4-5H2,1-3H3,(H,11,12)/t6-/m0/s1. The zero-order chi connectivity index (χ0) is 11.6. The van der Waals surface area contributed by atoms with Crippen LogP contribution < -0.4 is 0 Å². The molecule has 86 valence electrons. The number of hydrogen-bond acceptors (Lipinski definition) is 4. The topological polar surface area (TPSA) is 66.8 Å². The second kappa shape index (κ2) is 4.40. The molecule has 0 bridgehead atoms. The normalized spacial score (nSPS) is 21.8. The number of aliphatic carboxylic acids is 1. The molecular weight excluding hydrogens is 218 g/mol. The van der Waals surface area contributed by atoms with Crippen molar-refractivity contribution in [1.82, 2.24) is 4.90 Å². The first-order chi connectivity index (χ1) is 6.90. The van der Waals surface area contributed by atoms with Crippen molar-refractivity contribution in [2.24, 2.45) is 0 Å². The molecule has 0 aromatic carbocycles. The van der Waals surface area contributed by atoms with Crippen molar-refractivity contribution in [3.05, 3.63) is 0 Å². The predicted octanol–water partition coefficient (Wildman–Crippen LogP) is 0.397. The number of carbonyl (C=O) groups excluding carboxylic acids is 1. The molecule has 1 atom stereocenters. The maximum Gasteiger partial charge on any atom is 0.327 e. The Labute approximate surface area is 92.8 Å². The summed E-state index contributed by atoms with van der Waals surface area (Å²) in [6, 6.07) is -0.725. The summed E-state index contributed by atoms with van der Waals surface area (Å²) in [6.07, 6.45) is 0. The lowest BCUT2D eigenvalue weighted by Gasteiger charge is -2.29. The van der Waals surface area contributed by atoms with Crippen molar-refractivity contribution < 1.29 is 19.4 Å². The van der Waals surface area contributed by atoms with E-state index in [1.54, 1.807) is 13.8 Å². The van der Waals surface area contributed by atoms with E-state index in [1.165, 1.54) is 23.8 Å². The molecule has 0 aromatic rings.